The van der Waals surface area contributed by atoms with E-state index < -0.39 is 18.6 Å². The number of methoxy groups -OCH3 is 1. The summed E-state index contributed by atoms with van der Waals surface area (Å²) in [6, 6.07) is 3.92. The molecule has 0 fully saturated rings. The summed E-state index contributed by atoms with van der Waals surface area (Å²) in [6.45, 7) is -1.43. The van der Waals surface area contributed by atoms with Crippen LogP contribution in [0.4, 0.5) is 8.78 Å². The zero-order chi connectivity index (χ0) is 14.4. The minimum Gasteiger partial charge on any atom is -0.493 e. The maximum Gasteiger partial charge on any atom is 0.387 e. The van der Waals surface area contributed by atoms with E-state index in [2.05, 4.69) is 10.1 Å². The Labute approximate surface area is 109 Å². The Bertz CT molecular complexity index is 438. The Morgan fingerprint density at radius 1 is 1.42 bits per heavy atom. The molecule has 0 aromatic heterocycles. The molecule has 0 radical (unpaired) electrons. The summed E-state index contributed by atoms with van der Waals surface area (Å²) in [5.74, 6) is -0.614. The topological polar surface area (TPSA) is 67.8 Å². The van der Waals surface area contributed by atoms with Crippen LogP contribution in [0.1, 0.15) is 17.3 Å². The van der Waals surface area contributed by atoms with E-state index in [9.17, 15) is 13.6 Å². The highest BCUT2D eigenvalue weighted by atomic mass is 19.3. The maximum absolute atomic E-state index is 12.2. The molecule has 2 N–H and O–H groups in total. The number of carbonyl (C=O) groups excluding carboxylic acids is 1. The molecule has 0 saturated carbocycles. The van der Waals surface area contributed by atoms with Crippen molar-refractivity contribution in [1.82, 2.24) is 5.32 Å². The normalized spacial score (nSPS) is 12.1. The number of alkyl halides is 2. The van der Waals surface area contributed by atoms with Crippen LogP contribution in [0, 0.1) is 0 Å². The van der Waals surface area contributed by atoms with Crippen molar-refractivity contribution in [3.05, 3.63) is 23.8 Å². The number of aliphatic hydroxyl groups is 1. The van der Waals surface area contributed by atoms with Crippen LogP contribution in [0.3, 0.4) is 0 Å². The molecular weight excluding hydrogens is 260 g/mol. The van der Waals surface area contributed by atoms with Crippen molar-refractivity contribution in [2.24, 2.45) is 0 Å². The van der Waals surface area contributed by atoms with Gasteiger partial charge in [0.2, 0.25) is 0 Å². The highest BCUT2D eigenvalue weighted by Crippen LogP contribution is 2.29. The number of hydrogen-bond donors (Lipinski definition) is 2. The molecule has 0 saturated heterocycles. The summed E-state index contributed by atoms with van der Waals surface area (Å²) in [5.41, 5.74) is 0.136. The molecule has 0 aliphatic rings. The number of nitrogens with one attached hydrogen (secondary N) is 1. The highest BCUT2D eigenvalue weighted by Gasteiger charge is 2.14. The van der Waals surface area contributed by atoms with Crippen molar-refractivity contribution < 1.29 is 28.2 Å². The predicted molar refractivity (Wildman–Crippen MR) is 63.6 cm³/mol. The number of hydrogen-bond acceptors (Lipinski definition) is 4. The van der Waals surface area contributed by atoms with Gasteiger partial charge in [-0.3, -0.25) is 4.79 Å². The predicted octanol–water partition coefficient (Wildman–Crippen LogP) is 1.41. The minimum atomic E-state index is -3.01. The first-order valence-corrected chi connectivity index (χ1v) is 5.53. The molecule has 106 valence electrons. The van der Waals surface area contributed by atoms with Crippen LogP contribution in [-0.2, 0) is 0 Å². The highest BCUT2D eigenvalue weighted by molar-refractivity contribution is 5.94. The van der Waals surface area contributed by atoms with Gasteiger partial charge in [-0.1, -0.05) is 0 Å². The Kier molecular flexibility index (Phi) is 5.50. The van der Waals surface area contributed by atoms with Crippen molar-refractivity contribution in [3.8, 4) is 11.5 Å². The van der Waals surface area contributed by atoms with E-state index in [1.54, 1.807) is 0 Å². The van der Waals surface area contributed by atoms with Crippen LogP contribution in [0.5, 0.6) is 11.5 Å². The van der Waals surface area contributed by atoms with E-state index in [4.69, 9.17) is 9.84 Å². The van der Waals surface area contributed by atoms with E-state index in [0.29, 0.717) is 0 Å². The molecule has 0 heterocycles. The van der Waals surface area contributed by atoms with Crippen molar-refractivity contribution in [2.45, 2.75) is 19.6 Å². The summed E-state index contributed by atoms with van der Waals surface area (Å²) in [6.07, 6.45) is -0.695. The van der Waals surface area contributed by atoms with Crippen LogP contribution < -0.4 is 14.8 Å². The monoisotopic (exact) mass is 275 g/mol. The number of aliphatic hydroxyl groups excluding tert-OH is 1. The molecule has 1 atom stereocenters. The van der Waals surface area contributed by atoms with E-state index in [1.165, 1.54) is 26.2 Å². The molecule has 0 spiro atoms. The van der Waals surface area contributed by atoms with Gasteiger partial charge in [0, 0.05) is 12.1 Å². The second kappa shape index (κ2) is 6.89. The van der Waals surface area contributed by atoms with Crippen molar-refractivity contribution >= 4 is 5.91 Å². The number of rotatable bonds is 6. The van der Waals surface area contributed by atoms with Gasteiger partial charge in [0.25, 0.3) is 5.91 Å². The molecule has 19 heavy (non-hydrogen) atoms. The van der Waals surface area contributed by atoms with Gasteiger partial charge in [-0.2, -0.15) is 8.78 Å². The third-order valence-electron chi connectivity index (χ3n) is 2.20. The van der Waals surface area contributed by atoms with Crippen molar-refractivity contribution in [1.29, 1.82) is 0 Å². The molecular formula is C12H15F2NO4. The number of benzene rings is 1. The van der Waals surface area contributed by atoms with Gasteiger partial charge in [-0.25, -0.2) is 0 Å². The zero-order valence-electron chi connectivity index (χ0n) is 10.5. The number of carbonyl (C=O) groups is 1. The van der Waals surface area contributed by atoms with Gasteiger partial charge in [-0.05, 0) is 25.1 Å². The Hall–Kier alpha value is -1.89. The van der Waals surface area contributed by atoms with Crippen LogP contribution in [-0.4, -0.2) is 37.4 Å². The molecule has 0 bridgehead atoms. The summed E-state index contributed by atoms with van der Waals surface area (Å²) < 4.78 is 33.5. The Balaban J connectivity index is 2.87. The standard InChI is InChI=1S/C12H15F2NO4/c1-7(16)6-15-11(17)8-3-4-9(18-2)10(5-8)19-12(13)14/h3-5,7,12,16H,6H2,1-2H3,(H,15,17). The SMILES string of the molecule is COc1ccc(C(=O)NCC(C)O)cc1OC(F)F. The Morgan fingerprint density at radius 3 is 2.63 bits per heavy atom. The summed E-state index contributed by atoms with van der Waals surface area (Å²) in [7, 11) is 1.31. The van der Waals surface area contributed by atoms with E-state index in [-0.39, 0.29) is 23.6 Å². The maximum atomic E-state index is 12.2. The van der Waals surface area contributed by atoms with E-state index >= 15 is 0 Å². The summed E-state index contributed by atoms with van der Waals surface area (Å²) in [5, 5.41) is 11.5. The average molecular weight is 275 g/mol. The first-order valence-electron chi connectivity index (χ1n) is 5.53. The fraction of sp³-hybridized carbons (Fsp3) is 0.417. The summed E-state index contributed by atoms with van der Waals surface area (Å²) in [4.78, 5) is 11.7. The summed E-state index contributed by atoms with van der Waals surface area (Å²) >= 11 is 0. The van der Waals surface area contributed by atoms with Gasteiger partial charge in [-0.15, -0.1) is 0 Å². The molecule has 1 unspecified atom stereocenters. The average Bonchev–Trinajstić information content (AvgIpc) is 2.35. The third-order valence-corrected chi connectivity index (χ3v) is 2.20. The van der Waals surface area contributed by atoms with Gasteiger partial charge in [0.05, 0.1) is 13.2 Å². The van der Waals surface area contributed by atoms with E-state index in [1.807, 2.05) is 0 Å². The largest absolute Gasteiger partial charge is 0.493 e. The third kappa shape index (κ3) is 4.70. The molecule has 1 aromatic carbocycles. The lowest BCUT2D eigenvalue weighted by Crippen LogP contribution is -2.30. The smallest absolute Gasteiger partial charge is 0.387 e. The number of ether oxygens (including phenoxy) is 2. The lowest BCUT2D eigenvalue weighted by atomic mass is 10.2. The molecule has 1 rings (SSSR count). The van der Waals surface area contributed by atoms with E-state index in [0.717, 1.165) is 6.07 Å². The van der Waals surface area contributed by atoms with Gasteiger partial charge < -0.3 is 19.9 Å². The quantitative estimate of drug-likeness (QED) is 0.823. The fourth-order valence-corrected chi connectivity index (χ4v) is 1.35. The number of amides is 1. The van der Waals surface area contributed by atoms with Crippen LogP contribution in [0.15, 0.2) is 18.2 Å². The van der Waals surface area contributed by atoms with Crippen LogP contribution in [0.25, 0.3) is 0 Å². The molecule has 0 aliphatic carbocycles. The van der Waals surface area contributed by atoms with Gasteiger partial charge >= 0.3 is 6.61 Å². The van der Waals surface area contributed by atoms with Gasteiger partial charge in [0.15, 0.2) is 11.5 Å². The van der Waals surface area contributed by atoms with Crippen molar-refractivity contribution in [3.63, 3.8) is 0 Å². The zero-order valence-corrected chi connectivity index (χ0v) is 10.5. The number of halogens is 2. The lowest BCUT2D eigenvalue weighted by molar-refractivity contribution is -0.0512. The van der Waals surface area contributed by atoms with Gasteiger partial charge in [0.1, 0.15) is 0 Å². The second-order valence-corrected chi connectivity index (χ2v) is 3.80. The Morgan fingerprint density at radius 2 is 2.11 bits per heavy atom. The molecule has 0 aliphatic heterocycles. The fourth-order valence-electron chi connectivity index (χ4n) is 1.35. The minimum absolute atomic E-state index is 0.0654. The lowest BCUT2D eigenvalue weighted by Gasteiger charge is -2.12. The van der Waals surface area contributed by atoms with Crippen LogP contribution >= 0.6 is 0 Å². The first-order chi connectivity index (χ1) is 8.93. The van der Waals surface area contributed by atoms with Crippen LogP contribution in [0.2, 0.25) is 0 Å². The second-order valence-electron chi connectivity index (χ2n) is 3.80. The molecule has 1 aromatic rings. The molecule has 7 heteroatoms. The van der Waals surface area contributed by atoms with Crippen molar-refractivity contribution in [2.75, 3.05) is 13.7 Å². The first kappa shape index (κ1) is 15.2. The molecule has 1 amide bonds. The molecule has 5 nitrogen and oxygen atoms in total.